The molecule has 6 nitrogen and oxygen atoms in total. The molecule has 0 fully saturated rings. The molecule has 2 amide bonds. The van der Waals surface area contributed by atoms with Gasteiger partial charge in [-0.15, -0.1) is 0 Å². The molecule has 8 heteroatoms. The first-order chi connectivity index (χ1) is 14.5. The molecular formula is C22H19ClFN3O3. The summed E-state index contributed by atoms with van der Waals surface area (Å²) in [5.74, 6) is -1.31. The minimum absolute atomic E-state index is 0.00905. The predicted octanol–water partition coefficient (Wildman–Crippen LogP) is 3.64. The molecule has 0 radical (unpaired) electrons. The van der Waals surface area contributed by atoms with Gasteiger partial charge >= 0.3 is 11.8 Å². The van der Waals surface area contributed by atoms with E-state index in [9.17, 15) is 14.0 Å². The molecule has 3 aromatic rings. The van der Waals surface area contributed by atoms with Crippen molar-refractivity contribution in [2.24, 2.45) is 0 Å². The number of aromatic nitrogens is 1. The summed E-state index contributed by atoms with van der Waals surface area (Å²) in [7, 11) is 0. The Morgan fingerprint density at radius 1 is 1.20 bits per heavy atom. The summed E-state index contributed by atoms with van der Waals surface area (Å²) in [6.45, 7) is 2.20. The molecule has 0 aliphatic carbocycles. The number of halogens is 2. The number of carbonyl (C=O) groups excluding carboxylic acids is 2. The fourth-order valence-electron chi connectivity index (χ4n) is 3.54. The molecule has 0 spiro atoms. The fraction of sp³-hybridized carbons (Fsp3) is 0.227. The van der Waals surface area contributed by atoms with E-state index in [0.29, 0.717) is 40.6 Å². The Hall–Kier alpha value is -3.19. The van der Waals surface area contributed by atoms with Gasteiger partial charge in [0.25, 0.3) is 0 Å². The van der Waals surface area contributed by atoms with Crippen molar-refractivity contribution in [3.8, 4) is 11.3 Å². The number of amides is 2. The number of hydrogen-bond donors (Lipinski definition) is 1. The van der Waals surface area contributed by atoms with E-state index in [-0.39, 0.29) is 13.1 Å². The number of nitrogens with zero attached hydrogens (tertiary/aromatic N) is 2. The van der Waals surface area contributed by atoms with Gasteiger partial charge in [-0.05, 0) is 31.0 Å². The average molecular weight is 428 g/mol. The molecule has 4 rings (SSSR count). The van der Waals surface area contributed by atoms with Crippen LogP contribution in [0.2, 0.25) is 5.02 Å². The summed E-state index contributed by atoms with van der Waals surface area (Å²) in [6, 6.07) is 12.3. The van der Waals surface area contributed by atoms with Gasteiger partial charge in [-0.1, -0.05) is 47.1 Å². The van der Waals surface area contributed by atoms with E-state index in [1.165, 1.54) is 17.0 Å². The number of fused-ring (bicyclic) bond motifs is 1. The second-order valence-corrected chi connectivity index (χ2v) is 7.50. The smallest absolute Gasteiger partial charge is 0.312 e. The zero-order valence-corrected chi connectivity index (χ0v) is 17.0. The van der Waals surface area contributed by atoms with Gasteiger partial charge in [-0.3, -0.25) is 9.59 Å². The van der Waals surface area contributed by atoms with Crippen molar-refractivity contribution in [2.45, 2.75) is 26.4 Å². The highest BCUT2D eigenvalue weighted by molar-refractivity contribution is 6.35. The third-order valence-electron chi connectivity index (χ3n) is 5.25. The van der Waals surface area contributed by atoms with E-state index in [0.717, 1.165) is 11.1 Å². The lowest BCUT2D eigenvalue weighted by Gasteiger charge is -2.29. The van der Waals surface area contributed by atoms with Crippen molar-refractivity contribution in [1.29, 1.82) is 0 Å². The molecule has 154 valence electrons. The molecule has 30 heavy (non-hydrogen) atoms. The maximum atomic E-state index is 14.1. The zero-order valence-electron chi connectivity index (χ0n) is 16.2. The van der Waals surface area contributed by atoms with Crippen molar-refractivity contribution in [2.75, 3.05) is 6.54 Å². The maximum Gasteiger partial charge on any atom is 0.312 e. The van der Waals surface area contributed by atoms with Crippen LogP contribution in [-0.2, 0) is 29.1 Å². The molecule has 0 saturated carbocycles. The van der Waals surface area contributed by atoms with E-state index in [1.807, 2.05) is 37.3 Å². The monoisotopic (exact) mass is 427 g/mol. The summed E-state index contributed by atoms with van der Waals surface area (Å²) in [5, 5.41) is 7.06. The van der Waals surface area contributed by atoms with Crippen LogP contribution in [-0.4, -0.2) is 28.4 Å². The third-order valence-corrected chi connectivity index (χ3v) is 5.61. The Morgan fingerprint density at radius 2 is 1.97 bits per heavy atom. The van der Waals surface area contributed by atoms with Crippen LogP contribution < -0.4 is 5.32 Å². The second kappa shape index (κ2) is 8.28. The van der Waals surface area contributed by atoms with Gasteiger partial charge in [0.05, 0.1) is 6.54 Å². The zero-order chi connectivity index (χ0) is 21.3. The molecule has 1 aliphatic rings. The number of benzene rings is 2. The van der Waals surface area contributed by atoms with Crippen LogP contribution in [0.15, 0.2) is 47.0 Å². The van der Waals surface area contributed by atoms with Gasteiger partial charge < -0.3 is 14.7 Å². The van der Waals surface area contributed by atoms with E-state index < -0.39 is 17.6 Å². The lowest BCUT2D eigenvalue weighted by Crippen LogP contribution is -2.45. The molecule has 0 saturated heterocycles. The molecule has 1 N–H and O–H groups in total. The van der Waals surface area contributed by atoms with Gasteiger partial charge in [0, 0.05) is 34.8 Å². The molecule has 0 bridgehead atoms. The van der Waals surface area contributed by atoms with Gasteiger partial charge in [-0.25, -0.2) is 4.39 Å². The minimum atomic E-state index is -0.774. The first-order valence-corrected chi connectivity index (χ1v) is 9.87. The topological polar surface area (TPSA) is 75.4 Å². The Bertz CT molecular complexity index is 1110. The molecule has 2 aromatic carbocycles. The molecule has 2 heterocycles. The van der Waals surface area contributed by atoms with Gasteiger partial charge in [0.2, 0.25) is 0 Å². The summed E-state index contributed by atoms with van der Waals surface area (Å²) in [6.07, 6.45) is 0.397. The third kappa shape index (κ3) is 3.80. The predicted molar refractivity (Wildman–Crippen MR) is 109 cm³/mol. The average Bonchev–Trinajstić information content (AvgIpc) is 3.14. The summed E-state index contributed by atoms with van der Waals surface area (Å²) < 4.78 is 19.5. The molecule has 1 aliphatic heterocycles. The van der Waals surface area contributed by atoms with E-state index in [4.69, 9.17) is 16.1 Å². The standard InChI is InChI=1S/C22H19ClFN3O3/c1-13-19(26-30-20(13)14-5-3-2-4-6-14)11-25-21(28)22(29)27-10-9-15-16(12-27)18(24)8-7-17(15)23/h2-8H,9-12H2,1H3,(H,25,28). The Balaban J connectivity index is 1.41. The van der Waals surface area contributed by atoms with E-state index in [2.05, 4.69) is 10.5 Å². The van der Waals surface area contributed by atoms with Crippen molar-refractivity contribution in [3.63, 3.8) is 0 Å². The van der Waals surface area contributed by atoms with Crippen LogP contribution in [0.1, 0.15) is 22.4 Å². The first kappa shape index (κ1) is 20.1. The van der Waals surface area contributed by atoms with Crippen LogP contribution in [0.4, 0.5) is 4.39 Å². The molecular weight excluding hydrogens is 409 g/mol. The SMILES string of the molecule is Cc1c(CNC(=O)C(=O)N2CCc3c(Cl)ccc(F)c3C2)noc1-c1ccccc1. The van der Waals surface area contributed by atoms with E-state index in [1.54, 1.807) is 0 Å². The number of hydrogen-bond acceptors (Lipinski definition) is 4. The van der Waals surface area contributed by atoms with Crippen LogP contribution in [0.25, 0.3) is 11.3 Å². The minimum Gasteiger partial charge on any atom is -0.356 e. The Labute approximate surface area is 177 Å². The highest BCUT2D eigenvalue weighted by Crippen LogP contribution is 2.28. The van der Waals surface area contributed by atoms with Crippen LogP contribution in [0, 0.1) is 12.7 Å². The maximum absolute atomic E-state index is 14.1. The molecule has 0 atom stereocenters. The Kier molecular flexibility index (Phi) is 5.55. The lowest BCUT2D eigenvalue weighted by atomic mass is 9.99. The normalized spacial score (nSPS) is 13.1. The van der Waals surface area contributed by atoms with Gasteiger partial charge in [-0.2, -0.15) is 0 Å². The highest BCUT2D eigenvalue weighted by Gasteiger charge is 2.28. The van der Waals surface area contributed by atoms with Crippen molar-refractivity contribution in [3.05, 3.63) is 75.7 Å². The number of nitrogens with one attached hydrogen (secondary N) is 1. The fourth-order valence-corrected chi connectivity index (χ4v) is 3.81. The first-order valence-electron chi connectivity index (χ1n) is 9.49. The summed E-state index contributed by atoms with van der Waals surface area (Å²) in [4.78, 5) is 26.3. The van der Waals surface area contributed by atoms with Crippen LogP contribution in [0.3, 0.4) is 0 Å². The number of carbonyl (C=O) groups is 2. The lowest BCUT2D eigenvalue weighted by molar-refractivity contribution is -0.146. The van der Waals surface area contributed by atoms with Gasteiger partial charge in [0.15, 0.2) is 5.76 Å². The van der Waals surface area contributed by atoms with E-state index >= 15 is 0 Å². The molecule has 0 unspecified atom stereocenters. The second-order valence-electron chi connectivity index (χ2n) is 7.10. The molecule has 1 aromatic heterocycles. The van der Waals surface area contributed by atoms with Crippen LogP contribution >= 0.6 is 11.6 Å². The quantitative estimate of drug-likeness (QED) is 0.647. The number of rotatable bonds is 3. The van der Waals surface area contributed by atoms with Crippen LogP contribution in [0.5, 0.6) is 0 Å². The van der Waals surface area contributed by atoms with Gasteiger partial charge in [0.1, 0.15) is 11.5 Å². The highest BCUT2D eigenvalue weighted by atomic mass is 35.5. The van der Waals surface area contributed by atoms with Crippen molar-refractivity contribution >= 4 is 23.4 Å². The summed E-state index contributed by atoms with van der Waals surface area (Å²) in [5.41, 5.74) is 3.25. The Morgan fingerprint density at radius 3 is 2.73 bits per heavy atom. The van der Waals surface area contributed by atoms with Crippen molar-refractivity contribution in [1.82, 2.24) is 15.4 Å². The largest absolute Gasteiger partial charge is 0.356 e. The summed E-state index contributed by atoms with van der Waals surface area (Å²) >= 11 is 6.12. The van der Waals surface area contributed by atoms with Crippen molar-refractivity contribution < 1.29 is 18.5 Å².